The van der Waals surface area contributed by atoms with Gasteiger partial charge in [-0.2, -0.15) is 0 Å². The second kappa shape index (κ2) is 5.48. The van der Waals surface area contributed by atoms with Gasteiger partial charge in [0.15, 0.2) is 5.58 Å². The van der Waals surface area contributed by atoms with E-state index in [-0.39, 0.29) is 10.3 Å². The second-order valence-electron chi connectivity index (χ2n) is 3.99. The maximum absolute atomic E-state index is 12.1. The minimum atomic E-state index is -0.176. The average molecular weight is 324 g/mol. The van der Waals surface area contributed by atoms with Gasteiger partial charge >= 0.3 is 0 Å². The predicted molar refractivity (Wildman–Crippen MR) is 80.7 cm³/mol. The molecule has 0 saturated carbocycles. The highest BCUT2D eigenvalue weighted by molar-refractivity contribution is 8.14. The first kappa shape index (κ1) is 13.5. The molecule has 3 aromatic rings. The summed E-state index contributed by atoms with van der Waals surface area (Å²) >= 11 is 12.7. The lowest BCUT2D eigenvalue weighted by molar-refractivity contribution is 0.108. The summed E-state index contributed by atoms with van der Waals surface area (Å²) < 4.78 is 5.48. The Morgan fingerprint density at radius 3 is 2.70 bits per heavy atom. The molecule has 0 radical (unpaired) electrons. The highest BCUT2D eigenvalue weighted by Gasteiger charge is 2.14. The molecule has 0 aliphatic carbocycles. The monoisotopic (exact) mass is 323 g/mol. The molecule has 20 heavy (non-hydrogen) atoms. The van der Waals surface area contributed by atoms with E-state index in [1.165, 1.54) is 0 Å². The van der Waals surface area contributed by atoms with Crippen molar-refractivity contribution in [1.82, 2.24) is 4.98 Å². The van der Waals surface area contributed by atoms with E-state index in [4.69, 9.17) is 27.6 Å². The number of rotatable bonds is 2. The molecule has 0 N–H and O–H groups in total. The van der Waals surface area contributed by atoms with Crippen LogP contribution in [-0.2, 0) is 0 Å². The molecule has 0 bridgehead atoms. The maximum atomic E-state index is 12.1. The number of hydrogen-bond acceptors (Lipinski definition) is 4. The summed E-state index contributed by atoms with van der Waals surface area (Å²) in [5.41, 5.74) is 1.72. The van der Waals surface area contributed by atoms with Crippen molar-refractivity contribution in [2.75, 3.05) is 0 Å². The van der Waals surface area contributed by atoms with Crippen molar-refractivity contribution >= 4 is 51.2 Å². The fourth-order valence-corrected chi connectivity index (χ4v) is 2.71. The molecule has 3 nitrogen and oxygen atoms in total. The zero-order valence-corrected chi connectivity index (χ0v) is 12.3. The molecule has 3 rings (SSSR count). The third kappa shape index (κ3) is 2.82. The summed E-state index contributed by atoms with van der Waals surface area (Å²) in [6.07, 6.45) is 0. The average Bonchev–Trinajstić information content (AvgIpc) is 2.80. The Morgan fingerprint density at radius 2 is 1.90 bits per heavy atom. The van der Waals surface area contributed by atoms with Crippen LogP contribution in [0.15, 0.2) is 52.1 Å². The topological polar surface area (TPSA) is 43.1 Å². The number of halogens is 2. The second-order valence-corrected chi connectivity index (χ2v) is 5.79. The third-order valence-electron chi connectivity index (χ3n) is 2.57. The van der Waals surface area contributed by atoms with Crippen molar-refractivity contribution in [3.8, 4) is 0 Å². The molecule has 6 heteroatoms. The summed E-state index contributed by atoms with van der Waals surface area (Å²) in [7, 11) is 0. The van der Waals surface area contributed by atoms with Gasteiger partial charge < -0.3 is 4.42 Å². The molecule has 0 aliphatic rings. The Kier molecular flexibility index (Phi) is 3.70. The highest BCUT2D eigenvalue weighted by atomic mass is 35.5. The summed E-state index contributed by atoms with van der Waals surface area (Å²) in [6, 6.07) is 11.9. The van der Waals surface area contributed by atoms with Gasteiger partial charge in [0.05, 0.1) is 0 Å². The van der Waals surface area contributed by atoms with Crippen LogP contribution in [0.4, 0.5) is 0 Å². The number of thioether (sulfide) groups is 1. The summed E-state index contributed by atoms with van der Waals surface area (Å²) in [6.45, 7) is 0. The van der Waals surface area contributed by atoms with E-state index in [1.807, 2.05) is 0 Å². The summed E-state index contributed by atoms with van der Waals surface area (Å²) in [5, 5.41) is 1.20. The van der Waals surface area contributed by atoms with Gasteiger partial charge in [-0.15, -0.1) is 0 Å². The Hall–Kier alpha value is -1.49. The van der Waals surface area contributed by atoms with E-state index in [1.54, 1.807) is 42.5 Å². The van der Waals surface area contributed by atoms with Gasteiger partial charge in [-0.25, -0.2) is 4.98 Å². The van der Waals surface area contributed by atoms with Crippen molar-refractivity contribution in [3.63, 3.8) is 0 Å². The SMILES string of the molecule is O=C(Sc1nc2cc(Cl)ccc2o1)c1cccc(Cl)c1. The van der Waals surface area contributed by atoms with Crippen molar-refractivity contribution in [2.45, 2.75) is 5.22 Å². The van der Waals surface area contributed by atoms with Gasteiger partial charge in [-0.3, -0.25) is 4.79 Å². The largest absolute Gasteiger partial charge is 0.431 e. The molecule has 1 heterocycles. The normalized spacial score (nSPS) is 10.9. The van der Waals surface area contributed by atoms with Gasteiger partial charge in [0.2, 0.25) is 5.12 Å². The Morgan fingerprint density at radius 1 is 1.10 bits per heavy atom. The highest BCUT2D eigenvalue weighted by Crippen LogP contribution is 2.28. The standard InChI is InChI=1S/C14H7Cl2NO2S/c15-9-3-1-2-8(6-9)13(18)20-14-17-11-7-10(16)4-5-12(11)19-14/h1-7H. The number of carbonyl (C=O) groups excluding carboxylic acids is 1. The third-order valence-corrected chi connectivity index (χ3v) is 3.81. The van der Waals surface area contributed by atoms with Crippen LogP contribution in [0.2, 0.25) is 10.0 Å². The quantitative estimate of drug-likeness (QED) is 0.618. The van der Waals surface area contributed by atoms with Crippen LogP contribution in [0.25, 0.3) is 11.1 Å². The lowest BCUT2D eigenvalue weighted by atomic mass is 10.2. The van der Waals surface area contributed by atoms with Gasteiger partial charge in [0.1, 0.15) is 5.52 Å². The Balaban J connectivity index is 1.87. The number of hydrogen-bond donors (Lipinski definition) is 0. The number of aromatic nitrogens is 1. The van der Waals surface area contributed by atoms with Crippen LogP contribution in [0.3, 0.4) is 0 Å². The van der Waals surface area contributed by atoms with Gasteiger partial charge in [-0.1, -0.05) is 35.3 Å². The zero-order chi connectivity index (χ0) is 14.1. The molecule has 2 aromatic carbocycles. The van der Waals surface area contributed by atoms with Crippen LogP contribution < -0.4 is 0 Å². The van der Waals surface area contributed by atoms with E-state index in [0.29, 0.717) is 26.7 Å². The first-order chi connectivity index (χ1) is 9.61. The van der Waals surface area contributed by atoms with Crippen molar-refractivity contribution in [1.29, 1.82) is 0 Å². The van der Waals surface area contributed by atoms with E-state index < -0.39 is 0 Å². The first-order valence-electron chi connectivity index (χ1n) is 5.66. The van der Waals surface area contributed by atoms with Crippen LogP contribution in [0.1, 0.15) is 10.4 Å². The Bertz CT molecular complexity index is 801. The van der Waals surface area contributed by atoms with Crippen LogP contribution >= 0.6 is 35.0 Å². The molecular weight excluding hydrogens is 317 g/mol. The fraction of sp³-hybridized carbons (Fsp3) is 0. The first-order valence-corrected chi connectivity index (χ1v) is 7.23. The van der Waals surface area contributed by atoms with E-state index in [9.17, 15) is 4.79 Å². The van der Waals surface area contributed by atoms with Crippen molar-refractivity contribution < 1.29 is 9.21 Å². The van der Waals surface area contributed by atoms with Crippen LogP contribution in [0.5, 0.6) is 0 Å². The van der Waals surface area contributed by atoms with E-state index in [0.717, 1.165) is 11.8 Å². The predicted octanol–water partition coefficient (Wildman–Crippen LogP) is 5.07. The molecule has 1 aromatic heterocycles. The molecule has 0 amide bonds. The summed E-state index contributed by atoms with van der Waals surface area (Å²) in [5.74, 6) is 0. The van der Waals surface area contributed by atoms with Crippen molar-refractivity contribution in [3.05, 3.63) is 58.1 Å². The molecule has 100 valence electrons. The summed E-state index contributed by atoms with van der Waals surface area (Å²) in [4.78, 5) is 16.3. The molecule has 0 atom stereocenters. The van der Waals surface area contributed by atoms with E-state index in [2.05, 4.69) is 4.98 Å². The molecule has 0 spiro atoms. The van der Waals surface area contributed by atoms with E-state index >= 15 is 0 Å². The maximum Gasteiger partial charge on any atom is 0.264 e. The minimum Gasteiger partial charge on any atom is -0.431 e. The number of nitrogens with zero attached hydrogens (tertiary/aromatic N) is 1. The van der Waals surface area contributed by atoms with Gasteiger partial charge in [0, 0.05) is 27.4 Å². The number of carbonyl (C=O) groups is 1. The van der Waals surface area contributed by atoms with Crippen molar-refractivity contribution in [2.24, 2.45) is 0 Å². The molecular formula is C14H7Cl2NO2S. The lowest BCUT2D eigenvalue weighted by Gasteiger charge is -1.97. The molecule has 0 fully saturated rings. The lowest BCUT2D eigenvalue weighted by Crippen LogP contribution is -1.92. The number of benzene rings is 2. The number of fused-ring (bicyclic) bond motifs is 1. The molecule has 0 unspecified atom stereocenters. The zero-order valence-electron chi connectivity index (χ0n) is 9.97. The van der Waals surface area contributed by atoms with Crippen LogP contribution in [-0.4, -0.2) is 10.1 Å². The molecule has 0 aliphatic heterocycles. The number of oxazole rings is 1. The molecule has 0 saturated heterocycles. The minimum absolute atomic E-state index is 0.176. The Labute approximate surface area is 128 Å². The van der Waals surface area contributed by atoms with Gasteiger partial charge in [-0.05, 0) is 30.3 Å². The smallest absolute Gasteiger partial charge is 0.264 e. The van der Waals surface area contributed by atoms with Crippen LogP contribution in [0, 0.1) is 0 Å². The van der Waals surface area contributed by atoms with Gasteiger partial charge in [0.25, 0.3) is 5.22 Å². The fourth-order valence-electron chi connectivity index (χ4n) is 1.68.